The summed E-state index contributed by atoms with van der Waals surface area (Å²) >= 11 is 0. The maximum Gasteiger partial charge on any atom is 0.264 e. The van der Waals surface area contributed by atoms with Gasteiger partial charge in [0.05, 0.1) is 29.7 Å². The van der Waals surface area contributed by atoms with E-state index in [2.05, 4.69) is 10.3 Å². The first-order chi connectivity index (χ1) is 22.6. The fourth-order valence-electron chi connectivity index (χ4n) is 8.01. The van der Waals surface area contributed by atoms with Gasteiger partial charge in [-0.2, -0.15) is 0 Å². The monoisotopic (exact) mass is 653 g/mol. The van der Waals surface area contributed by atoms with E-state index >= 15 is 4.11 Å². The molecule has 7 rings (SSSR count). The zero-order valence-electron chi connectivity index (χ0n) is 27.0. The topological polar surface area (TPSA) is 101 Å². The van der Waals surface area contributed by atoms with Crippen LogP contribution in [-0.2, 0) is 45.9 Å². The molecule has 9 nitrogen and oxygen atoms in total. The van der Waals surface area contributed by atoms with E-state index in [0.717, 1.165) is 22.5 Å². The highest BCUT2D eigenvalue weighted by atomic mass is 28.4. The molecule has 11 heteroatoms. The summed E-state index contributed by atoms with van der Waals surface area (Å²) in [7, 11) is -3.38. The van der Waals surface area contributed by atoms with Gasteiger partial charge in [0.15, 0.2) is 5.60 Å². The lowest BCUT2D eigenvalue weighted by atomic mass is 9.82. The van der Waals surface area contributed by atoms with E-state index in [0.29, 0.717) is 55.7 Å². The standard InChI is InChI=1S/C36H40FN5O4Si/c1-24-34(47(2,3)37)32(17-19-40-23-27(18-20-43)38-39-40)46-36(24)29-21-28(42-30-12-8-7-11-26(30)13-16-33(42)44)14-15-31(29)41(35(36)45)22-25-9-5-4-6-10-25/h4-12,14-15,21,23-24,32,34,43H,13,16-20,22H2,1-3H3/t24-,32+,34-,36+/m0/s1. The Morgan fingerprint density at radius 3 is 2.55 bits per heavy atom. The van der Waals surface area contributed by atoms with Gasteiger partial charge in [0.2, 0.25) is 14.3 Å². The first-order valence-corrected chi connectivity index (χ1v) is 19.3. The van der Waals surface area contributed by atoms with Gasteiger partial charge in [-0.05, 0) is 61.3 Å². The molecule has 47 heavy (non-hydrogen) atoms. The van der Waals surface area contributed by atoms with Crippen molar-refractivity contribution in [2.75, 3.05) is 16.4 Å². The molecule has 0 saturated carbocycles. The normalized spacial score (nSPS) is 23.9. The van der Waals surface area contributed by atoms with Crippen molar-refractivity contribution in [1.29, 1.82) is 0 Å². The van der Waals surface area contributed by atoms with Gasteiger partial charge in [0.25, 0.3) is 5.91 Å². The zero-order valence-corrected chi connectivity index (χ0v) is 28.0. The zero-order chi connectivity index (χ0) is 32.9. The van der Waals surface area contributed by atoms with E-state index in [1.54, 1.807) is 33.8 Å². The highest BCUT2D eigenvalue weighted by Crippen LogP contribution is 2.61. The number of fused-ring (bicyclic) bond motifs is 3. The molecule has 0 aliphatic carbocycles. The van der Waals surface area contributed by atoms with Crippen molar-refractivity contribution in [2.45, 2.75) is 76.0 Å². The second kappa shape index (κ2) is 12.1. The van der Waals surface area contributed by atoms with Gasteiger partial charge in [-0.1, -0.05) is 60.7 Å². The van der Waals surface area contributed by atoms with Crippen molar-refractivity contribution in [2.24, 2.45) is 5.92 Å². The number of anilines is 3. The van der Waals surface area contributed by atoms with Crippen molar-refractivity contribution in [3.63, 3.8) is 0 Å². The molecule has 1 fully saturated rings. The highest BCUT2D eigenvalue weighted by molar-refractivity contribution is 6.72. The van der Waals surface area contributed by atoms with Crippen LogP contribution in [0.3, 0.4) is 0 Å². The summed E-state index contributed by atoms with van der Waals surface area (Å²) in [6, 6.07) is 23.5. The largest absolute Gasteiger partial charge is 0.396 e. The molecule has 4 heterocycles. The van der Waals surface area contributed by atoms with Gasteiger partial charge in [-0.25, -0.2) is 0 Å². The first kappa shape index (κ1) is 31.4. The summed E-state index contributed by atoms with van der Waals surface area (Å²) < 4.78 is 25.1. The van der Waals surface area contributed by atoms with Crippen LogP contribution < -0.4 is 9.80 Å². The number of rotatable bonds is 9. The smallest absolute Gasteiger partial charge is 0.264 e. The number of hydrogen-bond donors (Lipinski definition) is 1. The molecule has 4 atom stereocenters. The summed E-state index contributed by atoms with van der Waals surface area (Å²) in [5, 5.41) is 17.6. The lowest BCUT2D eigenvalue weighted by molar-refractivity contribution is -0.146. The number of amides is 2. The van der Waals surface area contributed by atoms with Crippen molar-refractivity contribution in [3.8, 4) is 0 Å². The van der Waals surface area contributed by atoms with Gasteiger partial charge in [0, 0.05) is 54.9 Å². The molecule has 4 aromatic rings. The lowest BCUT2D eigenvalue weighted by Gasteiger charge is -2.32. The molecular formula is C36H40FN5O4Si. The van der Waals surface area contributed by atoms with E-state index in [1.807, 2.05) is 79.7 Å². The molecule has 3 aromatic carbocycles. The molecule has 1 spiro atoms. The minimum Gasteiger partial charge on any atom is -0.396 e. The Kier molecular flexibility index (Phi) is 8.10. The number of aliphatic hydroxyl groups excluding tert-OH is 1. The van der Waals surface area contributed by atoms with Crippen LogP contribution in [0.15, 0.2) is 79.0 Å². The quantitative estimate of drug-likeness (QED) is 0.180. The third-order valence-corrected chi connectivity index (χ3v) is 12.5. The molecule has 0 radical (unpaired) electrons. The maximum absolute atomic E-state index is 16.4. The van der Waals surface area contributed by atoms with Gasteiger partial charge in [-0.3, -0.25) is 19.2 Å². The summed E-state index contributed by atoms with van der Waals surface area (Å²) in [4.78, 5) is 31.8. The predicted octanol–water partition coefficient (Wildman–Crippen LogP) is 5.84. The minimum absolute atomic E-state index is 0.00925. The number of para-hydroxylation sites is 1. The molecule has 3 aliphatic rings. The molecule has 1 aromatic heterocycles. The van der Waals surface area contributed by atoms with Gasteiger partial charge in [-0.15, -0.1) is 5.10 Å². The number of carbonyl (C=O) groups is 2. The maximum atomic E-state index is 16.4. The van der Waals surface area contributed by atoms with E-state index in [-0.39, 0.29) is 18.4 Å². The van der Waals surface area contributed by atoms with Gasteiger partial charge < -0.3 is 18.9 Å². The molecule has 0 bridgehead atoms. The van der Waals surface area contributed by atoms with Crippen LogP contribution in [0, 0.1) is 5.92 Å². The molecule has 2 amide bonds. The second-order valence-corrected chi connectivity index (χ2v) is 17.2. The number of aryl methyl sites for hydroxylation is 2. The van der Waals surface area contributed by atoms with Gasteiger partial charge in [0.1, 0.15) is 0 Å². The molecule has 244 valence electrons. The van der Waals surface area contributed by atoms with Gasteiger partial charge >= 0.3 is 0 Å². The number of aliphatic hydroxyl groups is 1. The predicted molar refractivity (Wildman–Crippen MR) is 179 cm³/mol. The molecule has 1 saturated heterocycles. The number of hydrogen-bond acceptors (Lipinski definition) is 6. The third-order valence-electron chi connectivity index (χ3n) is 10.1. The number of carbonyl (C=O) groups excluding carboxylic acids is 2. The number of ether oxygens (including phenoxy) is 1. The van der Waals surface area contributed by atoms with E-state index in [1.165, 1.54) is 0 Å². The van der Waals surface area contributed by atoms with E-state index in [4.69, 9.17) is 4.74 Å². The summed E-state index contributed by atoms with van der Waals surface area (Å²) in [6.45, 7) is 6.09. The Bertz CT molecular complexity index is 1810. The number of halogens is 1. The fraction of sp³-hybridized carbons (Fsp3) is 0.389. The Morgan fingerprint density at radius 2 is 1.79 bits per heavy atom. The lowest BCUT2D eigenvalue weighted by Crippen LogP contribution is -2.45. The number of nitrogens with zero attached hydrogens (tertiary/aromatic N) is 5. The third kappa shape index (κ3) is 5.40. The van der Waals surface area contributed by atoms with E-state index in [9.17, 15) is 14.7 Å². The average Bonchev–Trinajstić information content (AvgIpc) is 3.70. The van der Waals surface area contributed by atoms with Crippen LogP contribution in [0.5, 0.6) is 0 Å². The summed E-state index contributed by atoms with van der Waals surface area (Å²) in [6.07, 6.45) is 3.15. The SMILES string of the molecule is C[C@H]1[C@H]([Si](C)(C)F)[C@@H](CCn2cc(CCO)nn2)O[C@]12C(=O)N(Cc1ccccc1)c1ccc(N3C(=O)CCc4ccccc43)cc12. The highest BCUT2D eigenvalue weighted by Gasteiger charge is 2.66. The Hall–Kier alpha value is -4.19. The van der Waals surface area contributed by atoms with Crippen LogP contribution in [0.1, 0.15) is 42.1 Å². The summed E-state index contributed by atoms with van der Waals surface area (Å²) in [5.74, 6) is -0.681. The minimum atomic E-state index is -3.38. The molecular weight excluding hydrogens is 614 g/mol. The summed E-state index contributed by atoms with van der Waals surface area (Å²) in [5.41, 5.74) is 3.75. The van der Waals surface area contributed by atoms with Crippen molar-refractivity contribution in [3.05, 3.63) is 101 Å². The number of benzene rings is 3. The Morgan fingerprint density at radius 1 is 1.02 bits per heavy atom. The van der Waals surface area contributed by atoms with Crippen LogP contribution in [-0.4, -0.2) is 53.0 Å². The average molecular weight is 654 g/mol. The van der Waals surface area contributed by atoms with Crippen LogP contribution in [0.25, 0.3) is 0 Å². The van der Waals surface area contributed by atoms with Crippen molar-refractivity contribution >= 4 is 37.3 Å². The Labute approximate surface area is 275 Å². The fourth-order valence-corrected chi connectivity index (χ4v) is 10.6. The Balaban J connectivity index is 1.32. The van der Waals surface area contributed by atoms with Crippen LogP contribution >= 0.6 is 0 Å². The first-order valence-electron chi connectivity index (χ1n) is 16.4. The van der Waals surface area contributed by atoms with E-state index < -0.39 is 31.6 Å². The molecule has 1 N–H and O–H groups in total. The second-order valence-electron chi connectivity index (χ2n) is 13.4. The molecule has 0 unspecified atom stereocenters. The number of aromatic nitrogens is 3. The molecule has 3 aliphatic heterocycles. The van der Waals surface area contributed by atoms with Crippen LogP contribution in [0.4, 0.5) is 21.2 Å². The van der Waals surface area contributed by atoms with Crippen molar-refractivity contribution < 1.29 is 23.5 Å². The van der Waals surface area contributed by atoms with Crippen molar-refractivity contribution in [1.82, 2.24) is 15.0 Å². The van der Waals surface area contributed by atoms with Crippen LogP contribution in [0.2, 0.25) is 18.6 Å².